The fourth-order valence-corrected chi connectivity index (χ4v) is 2.11. The predicted octanol–water partition coefficient (Wildman–Crippen LogP) is 2.53. The van der Waals surface area contributed by atoms with Gasteiger partial charge in [0, 0.05) is 0 Å². The molecule has 1 rings (SSSR count). The molecule has 0 aromatic heterocycles. The third-order valence-electron chi connectivity index (χ3n) is 4.20. The minimum Gasteiger partial charge on any atom is -0.481 e. The average Bonchev–Trinajstić information content (AvgIpc) is 2.15. The standard InChI is InChI=1S/C10H18O2/c1-7-5-6-10(4,8(11)12)9(7,2)3/h7H,5-6H2,1-4H3,(H,11,12)/t7-,10-/m0/s1. The molecule has 1 aliphatic carbocycles. The van der Waals surface area contributed by atoms with Crippen LogP contribution in [-0.4, -0.2) is 11.1 Å². The normalized spacial score (nSPS) is 39.8. The molecule has 0 bridgehead atoms. The molecule has 1 fully saturated rings. The molecule has 1 saturated carbocycles. The highest BCUT2D eigenvalue weighted by atomic mass is 16.4. The number of carbonyl (C=O) groups is 1. The molecular weight excluding hydrogens is 152 g/mol. The van der Waals surface area contributed by atoms with E-state index in [0.29, 0.717) is 5.92 Å². The van der Waals surface area contributed by atoms with Gasteiger partial charge in [0.05, 0.1) is 5.41 Å². The van der Waals surface area contributed by atoms with Crippen molar-refractivity contribution < 1.29 is 9.90 Å². The Morgan fingerprint density at radius 3 is 2.08 bits per heavy atom. The van der Waals surface area contributed by atoms with Crippen molar-refractivity contribution in [3.8, 4) is 0 Å². The Balaban J connectivity index is 3.01. The zero-order valence-corrected chi connectivity index (χ0v) is 8.35. The summed E-state index contributed by atoms with van der Waals surface area (Å²) in [6.07, 6.45) is 1.85. The molecule has 2 heteroatoms. The molecular formula is C10H18O2. The Hall–Kier alpha value is -0.530. The highest BCUT2D eigenvalue weighted by Gasteiger charge is 2.54. The smallest absolute Gasteiger partial charge is 0.309 e. The molecule has 0 radical (unpaired) electrons. The number of carboxylic acid groups (broad SMARTS) is 1. The van der Waals surface area contributed by atoms with Gasteiger partial charge < -0.3 is 5.11 Å². The minimum atomic E-state index is -0.642. The molecule has 0 aliphatic heterocycles. The molecule has 0 spiro atoms. The van der Waals surface area contributed by atoms with E-state index >= 15 is 0 Å². The third kappa shape index (κ3) is 0.970. The lowest BCUT2D eigenvalue weighted by Crippen LogP contribution is -2.39. The van der Waals surface area contributed by atoms with Crippen LogP contribution in [0.4, 0.5) is 0 Å². The molecule has 12 heavy (non-hydrogen) atoms. The number of hydrogen-bond donors (Lipinski definition) is 1. The Kier molecular flexibility index (Phi) is 1.97. The monoisotopic (exact) mass is 170 g/mol. The van der Waals surface area contributed by atoms with Crippen molar-refractivity contribution in [3.63, 3.8) is 0 Å². The number of rotatable bonds is 1. The summed E-state index contributed by atoms with van der Waals surface area (Å²) in [7, 11) is 0. The van der Waals surface area contributed by atoms with E-state index in [2.05, 4.69) is 20.8 Å². The zero-order chi connectivity index (χ0) is 9.57. The first kappa shape index (κ1) is 9.56. The molecule has 0 heterocycles. The summed E-state index contributed by atoms with van der Waals surface area (Å²) in [4.78, 5) is 11.1. The molecule has 0 aromatic carbocycles. The summed E-state index contributed by atoms with van der Waals surface area (Å²) >= 11 is 0. The van der Waals surface area contributed by atoms with Gasteiger partial charge in [0.1, 0.15) is 0 Å². The van der Waals surface area contributed by atoms with Crippen molar-refractivity contribution in [3.05, 3.63) is 0 Å². The first-order valence-electron chi connectivity index (χ1n) is 4.56. The van der Waals surface area contributed by atoms with E-state index in [4.69, 9.17) is 5.11 Å². The summed E-state index contributed by atoms with van der Waals surface area (Å²) in [5.74, 6) is -0.129. The van der Waals surface area contributed by atoms with Crippen LogP contribution < -0.4 is 0 Å². The van der Waals surface area contributed by atoms with Gasteiger partial charge in [-0.25, -0.2) is 0 Å². The van der Waals surface area contributed by atoms with Crippen LogP contribution in [0.5, 0.6) is 0 Å². The van der Waals surface area contributed by atoms with Crippen molar-refractivity contribution in [1.29, 1.82) is 0 Å². The number of hydrogen-bond acceptors (Lipinski definition) is 1. The van der Waals surface area contributed by atoms with Gasteiger partial charge in [-0.1, -0.05) is 20.8 Å². The van der Waals surface area contributed by atoms with Crippen LogP contribution in [-0.2, 0) is 4.79 Å². The van der Waals surface area contributed by atoms with E-state index in [1.165, 1.54) is 0 Å². The Labute approximate surface area is 74.0 Å². The lowest BCUT2D eigenvalue weighted by atomic mass is 9.66. The van der Waals surface area contributed by atoms with Gasteiger partial charge in [-0.2, -0.15) is 0 Å². The lowest BCUT2D eigenvalue weighted by Gasteiger charge is -2.37. The maximum absolute atomic E-state index is 11.1. The molecule has 2 atom stereocenters. The van der Waals surface area contributed by atoms with Crippen LogP contribution in [0.1, 0.15) is 40.5 Å². The van der Waals surface area contributed by atoms with E-state index in [-0.39, 0.29) is 5.41 Å². The van der Waals surface area contributed by atoms with Gasteiger partial charge in [0.15, 0.2) is 0 Å². The summed E-state index contributed by atoms with van der Waals surface area (Å²) in [5.41, 5.74) is -0.592. The van der Waals surface area contributed by atoms with Gasteiger partial charge in [-0.3, -0.25) is 4.79 Å². The second kappa shape index (κ2) is 2.48. The third-order valence-corrected chi connectivity index (χ3v) is 4.20. The molecule has 0 amide bonds. The Morgan fingerprint density at radius 2 is 1.92 bits per heavy atom. The summed E-state index contributed by atoms with van der Waals surface area (Å²) in [6.45, 7) is 8.16. The van der Waals surface area contributed by atoms with Gasteiger partial charge in [-0.05, 0) is 31.1 Å². The first-order chi connectivity index (χ1) is 5.32. The maximum Gasteiger partial charge on any atom is 0.309 e. The highest BCUT2D eigenvalue weighted by molar-refractivity contribution is 5.75. The van der Waals surface area contributed by atoms with Crippen LogP contribution in [0.3, 0.4) is 0 Å². The van der Waals surface area contributed by atoms with Gasteiger partial charge >= 0.3 is 5.97 Å². The molecule has 70 valence electrons. The maximum atomic E-state index is 11.1. The lowest BCUT2D eigenvalue weighted by molar-refractivity contribution is -0.154. The topological polar surface area (TPSA) is 37.3 Å². The quantitative estimate of drug-likeness (QED) is 0.656. The minimum absolute atomic E-state index is 0.0706. The molecule has 1 N–H and O–H groups in total. The number of aliphatic carboxylic acids is 1. The van der Waals surface area contributed by atoms with Crippen molar-refractivity contribution in [2.24, 2.45) is 16.7 Å². The molecule has 2 nitrogen and oxygen atoms in total. The van der Waals surface area contributed by atoms with Crippen molar-refractivity contribution in [2.75, 3.05) is 0 Å². The largest absolute Gasteiger partial charge is 0.481 e. The summed E-state index contributed by atoms with van der Waals surface area (Å²) < 4.78 is 0. The fourth-order valence-electron chi connectivity index (χ4n) is 2.11. The van der Waals surface area contributed by atoms with E-state index in [0.717, 1.165) is 12.8 Å². The fraction of sp³-hybridized carbons (Fsp3) is 0.900. The van der Waals surface area contributed by atoms with Crippen LogP contribution in [0.2, 0.25) is 0 Å². The zero-order valence-electron chi connectivity index (χ0n) is 8.35. The second-order valence-electron chi connectivity index (χ2n) is 4.80. The molecule has 1 aliphatic rings. The second-order valence-corrected chi connectivity index (χ2v) is 4.80. The van der Waals surface area contributed by atoms with Crippen LogP contribution in [0, 0.1) is 16.7 Å². The van der Waals surface area contributed by atoms with Gasteiger partial charge in [-0.15, -0.1) is 0 Å². The first-order valence-corrected chi connectivity index (χ1v) is 4.56. The van der Waals surface area contributed by atoms with E-state index < -0.39 is 11.4 Å². The van der Waals surface area contributed by atoms with E-state index in [1.54, 1.807) is 0 Å². The van der Waals surface area contributed by atoms with Crippen LogP contribution >= 0.6 is 0 Å². The predicted molar refractivity (Wildman–Crippen MR) is 47.9 cm³/mol. The van der Waals surface area contributed by atoms with Crippen LogP contribution in [0.25, 0.3) is 0 Å². The van der Waals surface area contributed by atoms with Gasteiger partial charge in [0.25, 0.3) is 0 Å². The Morgan fingerprint density at radius 1 is 1.42 bits per heavy atom. The molecule has 0 saturated heterocycles. The van der Waals surface area contributed by atoms with Gasteiger partial charge in [0.2, 0.25) is 0 Å². The number of carboxylic acids is 1. The Bertz CT molecular complexity index is 208. The SMILES string of the molecule is C[C@H]1CC[C@@](C)(C(=O)O)C1(C)C. The van der Waals surface area contributed by atoms with Crippen molar-refractivity contribution in [1.82, 2.24) is 0 Å². The van der Waals surface area contributed by atoms with Crippen molar-refractivity contribution in [2.45, 2.75) is 40.5 Å². The summed E-state index contributed by atoms with van der Waals surface area (Å²) in [6, 6.07) is 0. The van der Waals surface area contributed by atoms with E-state index in [1.807, 2.05) is 6.92 Å². The molecule has 0 unspecified atom stereocenters. The van der Waals surface area contributed by atoms with Crippen LogP contribution in [0.15, 0.2) is 0 Å². The van der Waals surface area contributed by atoms with E-state index in [9.17, 15) is 4.79 Å². The molecule has 0 aromatic rings. The summed E-state index contributed by atoms with van der Waals surface area (Å²) in [5, 5.41) is 9.13. The highest BCUT2D eigenvalue weighted by Crippen LogP contribution is 2.55. The van der Waals surface area contributed by atoms with Crippen molar-refractivity contribution >= 4 is 5.97 Å². The average molecular weight is 170 g/mol.